The number of ether oxygens (including phenoxy) is 1. The lowest BCUT2D eigenvalue weighted by atomic mass is 10.2. The van der Waals surface area contributed by atoms with Crippen molar-refractivity contribution in [3.8, 4) is 5.88 Å². The molecule has 110 valence electrons. The van der Waals surface area contributed by atoms with Gasteiger partial charge in [0.2, 0.25) is 5.88 Å². The summed E-state index contributed by atoms with van der Waals surface area (Å²) in [5, 5.41) is 19.2. The predicted molar refractivity (Wildman–Crippen MR) is 49.5 cm³/mol. The lowest BCUT2D eigenvalue weighted by molar-refractivity contribution is -0.385. The van der Waals surface area contributed by atoms with Gasteiger partial charge in [-0.15, -0.1) is 13.2 Å². The molecule has 20 heavy (non-hydrogen) atoms. The highest BCUT2D eigenvalue weighted by atomic mass is 19.4. The summed E-state index contributed by atoms with van der Waals surface area (Å²) in [7, 11) is 0. The van der Waals surface area contributed by atoms with E-state index < -0.39 is 46.5 Å². The maximum Gasteiger partial charge on any atom is 0.574 e. The average molecular weight is 302 g/mol. The molecule has 0 aromatic carbocycles. The first-order valence-corrected chi connectivity index (χ1v) is 4.49. The van der Waals surface area contributed by atoms with E-state index in [1.54, 1.807) is 0 Å². The Kier molecular flexibility index (Phi) is 4.06. The molecule has 7 nitrogen and oxygen atoms in total. The number of carbonyl (C=O) groups is 1. The van der Waals surface area contributed by atoms with Crippen LogP contribution < -0.4 is 4.74 Å². The highest BCUT2D eigenvalue weighted by Crippen LogP contribution is 2.34. The second-order valence-corrected chi connectivity index (χ2v) is 3.16. The van der Waals surface area contributed by atoms with Crippen molar-refractivity contribution >= 4 is 11.7 Å². The summed E-state index contributed by atoms with van der Waals surface area (Å²) >= 11 is 0. The van der Waals surface area contributed by atoms with Crippen LogP contribution in [-0.4, -0.2) is 27.3 Å². The van der Waals surface area contributed by atoms with Gasteiger partial charge >= 0.3 is 12.3 Å². The number of carboxylic acids is 1. The van der Waals surface area contributed by atoms with Crippen LogP contribution >= 0.6 is 0 Å². The van der Waals surface area contributed by atoms with Crippen LogP contribution in [0.3, 0.4) is 0 Å². The van der Waals surface area contributed by atoms with Gasteiger partial charge in [-0.3, -0.25) is 10.1 Å². The Balaban J connectivity index is 3.59. The summed E-state index contributed by atoms with van der Waals surface area (Å²) < 4.78 is 64.0. The van der Waals surface area contributed by atoms with Crippen molar-refractivity contribution in [1.82, 2.24) is 4.98 Å². The van der Waals surface area contributed by atoms with E-state index in [4.69, 9.17) is 5.11 Å². The van der Waals surface area contributed by atoms with Crippen molar-refractivity contribution in [1.29, 1.82) is 0 Å². The molecule has 0 aliphatic rings. The third kappa shape index (κ3) is 3.49. The van der Waals surface area contributed by atoms with Gasteiger partial charge in [0.15, 0.2) is 5.56 Å². The molecular weight excluding hydrogens is 299 g/mol. The molecule has 0 aliphatic heterocycles. The van der Waals surface area contributed by atoms with Crippen molar-refractivity contribution in [2.75, 3.05) is 0 Å². The molecule has 12 heteroatoms. The molecule has 0 bridgehead atoms. The van der Waals surface area contributed by atoms with Crippen molar-refractivity contribution in [3.05, 3.63) is 27.4 Å². The van der Waals surface area contributed by atoms with Crippen molar-refractivity contribution in [3.63, 3.8) is 0 Å². The number of rotatable bonds is 4. The van der Waals surface area contributed by atoms with E-state index in [0.29, 0.717) is 0 Å². The van der Waals surface area contributed by atoms with Crippen LogP contribution in [0.25, 0.3) is 0 Å². The van der Waals surface area contributed by atoms with Gasteiger partial charge in [-0.1, -0.05) is 0 Å². The van der Waals surface area contributed by atoms with Crippen LogP contribution in [0.2, 0.25) is 0 Å². The Hall–Kier alpha value is -2.53. The lowest BCUT2D eigenvalue weighted by Gasteiger charge is -2.11. The van der Waals surface area contributed by atoms with E-state index in [-0.39, 0.29) is 6.07 Å². The molecule has 0 saturated carbocycles. The Morgan fingerprint density at radius 2 is 2.00 bits per heavy atom. The third-order valence-corrected chi connectivity index (χ3v) is 1.83. The number of aromatic nitrogens is 1. The fourth-order valence-electron chi connectivity index (χ4n) is 1.17. The van der Waals surface area contributed by atoms with Gasteiger partial charge in [0.1, 0.15) is 5.69 Å². The van der Waals surface area contributed by atoms with Gasteiger partial charge in [0.05, 0.1) is 4.92 Å². The number of nitrogens with zero attached hydrogens (tertiary/aromatic N) is 2. The number of nitro groups is 1. The highest BCUT2D eigenvalue weighted by molar-refractivity contribution is 5.95. The summed E-state index contributed by atoms with van der Waals surface area (Å²) in [5.41, 5.74) is -4.47. The topological polar surface area (TPSA) is 103 Å². The monoisotopic (exact) mass is 302 g/mol. The zero-order valence-corrected chi connectivity index (χ0v) is 9.02. The minimum atomic E-state index is -5.45. The van der Waals surface area contributed by atoms with Crippen LogP contribution in [0.15, 0.2) is 6.07 Å². The molecule has 1 aromatic rings. The fourth-order valence-corrected chi connectivity index (χ4v) is 1.17. The normalized spacial score (nSPS) is 11.5. The van der Waals surface area contributed by atoms with Gasteiger partial charge in [-0.05, 0) is 0 Å². The van der Waals surface area contributed by atoms with E-state index in [1.165, 1.54) is 0 Å². The van der Waals surface area contributed by atoms with Gasteiger partial charge in [0, 0.05) is 6.07 Å². The Morgan fingerprint density at radius 3 is 2.35 bits per heavy atom. The largest absolute Gasteiger partial charge is 0.574 e. The number of alkyl halides is 5. The number of halogens is 5. The Morgan fingerprint density at radius 1 is 1.45 bits per heavy atom. The number of aromatic carboxylic acids is 1. The summed E-state index contributed by atoms with van der Waals surface area (Å²) in [6, 6.07) is 0.0668. The van der Waals surface area contributed by atoms with E-state index in [1.807, 2.05) is 0 Å². The number of pyridine rings is 1. The molecule has 0 fully saturated rings. The number of hydrogen-bond donors (Lipinski definition) is 1. The van der Waals surface area contributed by atoms with Crippen LogP contribution in [-0.2, 0) is 0 Å². The Bertz CT molecular complexity index is 559. The number of hydrogen-bond acceptors (Lipinski definition) is 5. The molecule has 0 unspecified atom stereocenters. The minimum absolute atomic E-state index is 0.0668. The van der Waals surface area contributed by atoms with Crippen LogP contribution in [0.4, 0.5) is 27.6 Å². The van der Waals surface area contributed by atoms with Crippen LogP contribution in [0.5, 0.6) is 5.88 Å². The van der Waals surface area contributed by atoms with E-state index in [0.717, 1.165) is 0 Å². The maximum atomic E-state index is 12.4. The summed E-state index contributed by atoms with van der Waals surface area (Å²) in [5.74, 6) is -4.00. The smallest absolute Gasteiger partial charge is 0.477 e. The molecule has 0 amide bonds. The second-order valence-electron chi connectivity index (χ2n) is 3.16. The van der Waals surface area contributed by atoms with Crippen molar-refractivity contribution in [2.24, 2.45) is 0 Å². The van der Waals surface area contributed by atoms with E-state index in [2.05, 4.69) is 9.72 Å². The van der Waals surface area contributed by atoms with Crippen LogP contribution in [0, 0.1) is 10.1 Å². The van der Waals surface area contributed by atoms with Crippen LogP contribution in [0.1, 0.15) is 22.5 Å². The lowest BCUT2D eigenvalue weighted by Crippen LogP contribution is -2.21. The van der Waals surface area contributed by atoms with Gasteiger partial charge in [-0.2, -0.15) is 0 Å². The van der Waals surface area contributed by atoms with Gasteiger partial charge in [-0.25, -0.2) is 18.6 Å². The summed E-state index contributed by atoms with van der Waals surface area (Å²) in [6.45, 7) is 0. The third-order valence-electron chi connectivity index (χ3n) is 1.83. The first-order chi connectivity index (χ1) is 9.03. The number of carboxylic acid groups (broad SMARTS) is 1. The second kappa shape index (κ2) is 5.22. The standard InChI is InChI=1S/C8H3F5N2O5/c9-5(10)2-1-3(15(18)19)4(7(16)17)6(14-2)20-8(11,12)13/h1,5H,(H,16,17). The highest BCUT2D eigenvalue weighted by Gasteiger charge is 2.38. The molecule has 1 rings (SSSR count). The first-order valence-electron chi connectivity index (χ1n) is 4.49. The molecule has 0 aliphatic carbocycles. The van der Waals surface area contributed by atoms with E-state index >= 15 is 0 Å². The molecule has 0 radical (unpaired) electrons. The Labute approximate surface area is 105 Å². The molecule has 1 heterocycles. The zero-order valence-electron chi connectivity index (χ0n) is 9.02. The zero-order chi connectivity index (χ0) is 15.7. The van der Waals surface area contributed by atoms with Gasteiger partial charge in [0.25, 0.3) is 12.1 Å². The molecule has 1 N–H and O–H groups in total. The van der Waals surface area contributed by atoms with Crippen molar-refractivity contribution < 1.29 is 41.5 Å². The van der Waals surface area contributed by atoms with E-state index in [9.17, 15) is 36.9 Å². The molecule has 0 atom stereocenters. The molecule has 1 aromatic heterocycles. The summed E-state index contributed by atoms with van der Waals surface area (Å²) in [6.07, 6.45) is -8.90. The quantitative estimate of drug-likeness (QED) is 0.521. The fraction of sp³-hybridized carbons (Fsp3) is 0.250. The molecule has 0 spiro atoms. The first kappa shape index (κ1) is 15.5. The summed E-state index contributed by atoms with van der Waals surface area (Å²) in [4.78, 5) is 22.5. The minimum Gasteiger partial charge on any atom is -0.477 e. The average Bonchev–Trinajstić information content (AvgIpc) is 2.24. The van der Waals surface area contributed by atoms with Gasteiger partial charge < -0.3 is 9.84 Å². The maximum absolute atomic E-state index is 12.4. The predicted octanol–water partition coefficient (Wildman–Crippen LogP) is 2.52. The molecule has 0 saturated heterocycles. The van der Waals surface area contributed by atoms with Crippen molar-refractivity contribution in [2.45, 2.75) is 12.8 Å². The SMILES string of the molecule is O=C(O)c1c([N+](=O)[O-])cc(C(F)F)nc1OC(F)(F)F. The molecular formula is C8H3F5N2O5.